The highest BCUT2D eigenvalue weighted by Crippen LogP contribution is 2.24. The number of amides is 1. The minimum Gasteiger partial charge on any atom is -0.339 e. The van der Waals surface area contributed by atoms with Gasteiger partial charge >= 0.3 is 0 Å². The molecule has 2 aliphatic heterocycles. The minimum absolute atomic E-state index is 0.235. The fraction of sp³-hybridized carbons (Fsp3) is 0.917. The monoisotopic (exact) mass is 242 g/mol. The third-order valence-corrected chi connectivity index (χ3v) is 4.76. The molecule has 0 aromatic carbocycles. The smallest absolute Gasteiger partial charge is 0.227 e. The quantitative estimate of drug-likeness (QED) is 0.810. The van der Waals surface area contributed by atoms with Crippen molar-refractivity contribution < 1.29 is 4.79 Å². The predicted octanol–water partition coefficient (Wildman–Crippen LogP) is 1.34. The third kappa shape index (κ3) is 2.72. The standard InChI is InChI=1S/C12H22N2OS/c1-2-14(11-5-7-16-9-11)12(15)10-4-3-6-13-8-10/h10-11,13H,2-9H2,1H3. The number of thioether (sulfide) groups is 1. The SMILES string of the molecule is CCN(C(=O)C1CCCNC1)C1CCSC1. The van der Waals surface area contributed by atoms with Gasteiger partial charge in [-0.15, -0.1) is 0 Å². The average Bonchev–Trinajstić information content (AvgIpc) is 2.85. The predicted molar refractivity (Wildman–Crippen MR) is 68.7 cm³/mol. The molecule has 3 nitrogen and oxygen atoms in total. The number of hydrogen-bond acceptors (Lipinski definition) is 3. The summed E-state index contributed by atoms with van der Waals surface area (Å²) in [4.78, 5) is 14.5. The Morgan fingerprint density at radius 3 is 2.94 bits per heavy atom. The van der Waals surface area contributed by atoms with E-state index in [1.54, 1.807) is 0 Å². The van der Waals surface area contributed by atoms with Gasteiger partial charge in [0.1, 0.15) is 0 Å². The van der Waals surface area contributed by atoms with Gasteiger partial charge in [-0.2, -0.15) is 11.8 Å². The van der Waals surface area contributed by atoms with Gasteiger partial charge in [0.2, 0.25) is 5.91 Å². The van der Waals surface area contributed by atoms with E-state index in [0.29, 0.717) is 11.9 Å². The number of nitrogens with one attached hydrogen (secondary N) is 1. The Hall–Kier alpha value is -0.220. The number of nitrogens with zero attached hydrogens (tertiary/aromatic N) is 1. The van der Waals surface area contributed by atoms with E-state index in [-0.39, 0.29) is 5.92 Å². The van der Waals surface area contributed by atoms with Gasteiger partial charge in [-0.1, -0.05) is 0 Å². The molecule has 0 bridgehead atoms. The van der Waals surface area contributed by atoms with Crippen LogP contribution in [0.2, 0.25) is 0 Å². The molecule has 2 aliphatic rings. The van der Waals surface area contributed by atoms with Crippen LogP contribution in [-0.4, -0.2) is 48.0 Å². The van der Waals surface area contributed by atoms with E-state index in [4.69, 9.17) is 0 Å². The van der Waals surface area contributed by atoms with Gasteiger partial charge in [0.05, 0.1) is 5.92 Å². The Labute approximate surface area is 102 Å². The van der Waals surface area contributed by atoms with Crippen LogP contribution in [0.25, 0.3) is 0 Å². The summed E-state index contributed by atoms with van der Waals surface area (Å²) in [5.41, 5.74) is 0. The minimum atomic E-state index is 0.235. The van der Waals surface area contributed by atoms with E-state index in [9.17, 15) is 4.79 Å². The van der Waals surface area contributed by atoms with Gasteiger partial charge in [-0.3, -0.25) is 4.79 Å². The molecule has 1 amide bonds. The molecule has 4 heteroatoms. The van der Waals surface area contributed by atoms with Crippen molar-refractivity contribution in [3.8, 4) is 0 Å². The Bertz CT molecular complexity index is 235. The molecule has 2 unspecified atom stereocenters. The number of piperidine rings is 1. The summed E-state index contributed by atoms with van der Waals surface area (Å²) in [6, 6.07) is 0.504. The average molecular weight is 242 g/mol. The van der Waals surface area contributed by atoms with Crippen LogP contribution >= 0.6 is 11.8 Å². The lowest BCUT2D eigenvalue weighted by Gasteiger charge is -2.32. The Balaban J connectivity index is 1.93. The van der Waals surface area contributed by atoms with Crippen molar-refractivity contribution in [2.75, 3.05) is 31.1 Å². The molecule has 0 aromatic heterocycles. The molecule has 0 saturated carbocycles. The van der Waals surface area contributed by atoms with Crippen LogP contribution in [0.4, 0.5) is 0 Å². The summed E-state index contributed by atoms with van der Waals surface area (Å²) in [5.74, 6) is 2.98. The molecule has 16 heavy (non-hydrogen) atoms. The van der Waals surface area contributed by atoms with E-state index in [0.717, 1.165) is 38.2 Å². The summed E-state index contributed by atoms with van der Waals surface area (Å²) in [6.07, 6.45) is 3.40. The fourth-order valence-corrected chi connectivity index (χ4v) is 3.88. The van der Waals surface area contributed by atoms with Crippen LogP contribution in [0.1, 0.15) is 26.2 Å². The van der Waals surface area contributed by atoms with Gasteiger partial charge in [0.25, 0.3) is 0 Å². The first-order chi connectivity index (χ1) is 7.83. The highest BCUT2D eigenvalue weighted by molar-refractivity contribution is 7.99. The highest BCUT2D eigenvalue weighted by Gasteiger charge is 2.31. The topological polar surface area (TPSA) is 32.3 Å². The van der Waals surface area contributed by atoms with Gasteiger partial charge in [-0.25, -0.2) is 0 Å². The molecule has 2 atom stereocenters. The maximum Gasteiger partial charge on any atom is 0.227 e. The van der Waals surface area contributed by atoms with E-state index in [1.165, 1.54) is 12.2 Å². The van der Waals surface area contributed by atoms with Crippen molar-refractivity contribution in [1.29, 1.82) is 0 Å². The molecular formula is C12H22N2OS. The van der Waals surface area contributed by atoms with E-state index in [2.05, 4.69) is 17.1 Å². The lowest BCUT2D eigenvalue weighted by molar-refractivity contribution is -0.137. The fourth-order valence-electron chi connectivity index (χ4n) is 2.66. The largest absolute Gasteiger partial charge is 0.339 e. The van der Waals surface area contributed by atoms with Crippen molar-refractivity contribution in [3.05, 3.63) is 0 Å². The van der Waals surface area contributed by atoms with Crippen molar-refractivity contribution in [2.24, 2.45) is 5.92 Å². The molecule has 0 radical (unpaired) electrons. The van der Waals surface area contributed by atoms with Gasteiger partial charge in [-0.05, 0) is 38.5 Å². The molecule has 0 aliphatic carbocycles. The van der Waals surface area contributed by atoms with Crippen LogP contribution in [-0.2, 0) is 4.79 Å². The van der Waals surface area contributed by atoms with Crippen molar-refractivity contribution in [2.45, 2.75) is 32.2 Å². The van der Waals surface area contributed by atoms with Crippen LogP contribution in [0.15, 0.2) is 0 Å². The molecule has 2 heterocycles. The maximum atomic E-state index is 12.4. The normalized spacial score (nSPS) is 30.3. The van der Waals surface area contributed by atoms with E-state index >= 15 is 0 Å². The molecular weight excluding hydrogens is 220 g/mol. The lowest BCUT2D eigenvalue weighted by Crippen LogP contribution is -2.47. The van der Waals surface area contributed by atoms with Crippen molar-refractivity contribution >= 4 is 17.7 Å². The van der Waals surface area contributed by atoms with E-state index < -0.39 is 0 Å². The molecule has 2 rings (SSSR count). The van der Waals surface area contributed by atoms with Crippen LogP contribution in [0.5, 0.6) is 0 Å². The number of carbonyl (C=O) groups excluding carboxylic acids is 1. The second-order valence-corrected chi connectivity index (χ2v) is 5.83. The molecule has 92 valence electrons. The summed E-state index contributed by atoms with van der Waals surface area (Å²) in [5, 5.41) is 3.33. The number of hydrogen-bond donors (Lipinski definition) is 1. The number of rotatable bonds is 3. The first kappa shape index (κ1) is 12.2. The first-order valence-corrected chi connectivity index (χ1v) is 7.57. The highest BCUT2D eigenvalue weighted by atomic mass is 32.2. The zero-order valence-corrected chi connectivity index (χ0v) is 10.9. The summed E-state index contributed by atoms with van der Waals surface area (Å²) >= 11 is 1.98. The number of carbonyl (C=O) groups is 1. The molecule has 1 N–H and O–H groups in total. The van der Waals surface area contributed by atoms with Crippen molar-refractivity contribution in [3.63, 3.8) is 0 Å². The van der Waals surface area contributed by atoms with Crippen LogP contribution < -0.4 is 5.32 Å². The Morgan fingerprint density at radius 1 is 1.50 bits per heavy atom. The summed E-state index contributed by atoms with van der Waals surface area (Å²) in [7, 11) is 0. The Morgan fingerprint density at radius 2 is 2.38 bits per heavy atom. The van der Waals surface area contributed by atoms with Crippen LogP contribution in [0.3, 0.4) is 0 Å². The molecule has 2 saturated heterocycles. The third-order valence-electron chi connectivity index (χ3n) is 3.62. The van der Waals surface area contributed by atoms with Gasteiger partial charge in [0, 0.05) is 24.9 Å². The first-order valence-electron chi connectivity index (χ1n) is 6.42. The second-order valence-electron chi connectivity index (χ2n) is 4.68. The Kier molecular flexibility index (Phi) is 4.53. The zero-order valence-electron chi connectivity index (χ0n) is 10.1. The second kappa shape index (κ2) is 5.92. The lowest BCUT2D eigenvalue weighted by atomic mass is 9.97. The molecule has 2 fully saturated rings. The van der Waals surface area contributed by atoms with Crippen molar-refractivity contribution in [1.82, 2.24) is 10.2 Å². The molecule has 0 aromatic rings. The van der Waals surface area contributed by atoms with E-state index in [1.807, 2.05) is 11.8 Å². The van der Waals surface area contributed by atoms with Gasteiger partial charge < -0.3 is 10.2 Å². The summed E-state index contributed by atoms with van der Waals surface area (Å²) in [6.45, 7) is 4.95. The van der Waals surface area contributed by atoms with Gasteiger partial charge in [0.15, 0.2) is 0 Å². The maximum absolute atomic E-state index is 12.4. The zero-order chi connectivity index (χ0) is 11.4. The van der Waals surface area contributed by atoms with Crippen LogP contribution in [0, 0.1) is 5.92 Å². The molecule has 0 spiro atoms. The summed E-state index contributed by atoms with van der Waals surface area (Å²) < 4.78 is 0.